The Morgan fingerprint density at radius 2 is 1.82 bits per heavy atom. The predicted octanol–water partition coefficient (Wildman–Crippen LogP) is 4.86. The largest absolute Gasteiger partial charge is 0.464 e. The molecule has 40 heavy (non-hydrogen) atoms. The highest BCUT2D eigenvalue weighted by Gasteiger charge is 2.13. The highest BCUT2D eigenvalue weighted by molar-refractivity contribution is 7.16. The number of nitrogens with zero attached hydrogens (tertiary/aromatic N) is 4. The Bertz CT molecular complexity index is 1460. The van der Waals surface area contributed by atoms with Crippen molar-refractivity contribution in [2.24, 2.45) is 0 Å². The third-order valence-corrected chi connectivity index (χ3v) is 9.01. The number of hydrogen-bond acceptors (Lipinski definition) is 8. The van der Waals surface area contributed by atoms with Crippen molar-refractivity contribution in [3.05, 3.63) is 75.3 Å². The molecule has 0 aliphatic carbocycles. The van der Waals surface area contributed by atoms with Crippen LogP contribution in [0.15, 0.2) is 53.6 Å². The van der Waals surface area contributed by atoms with Crippen molar-refractivity contribution < 1.29 is 19.0 Å². The van der Waals surface area contributed by atoms with Gasteiger partial charge in [0.2, 0.25) is 0 Å². The number of thiazole rings is 1. The van der Waals surface area contributed by atoms with E-state index < -0.39 is 8.07 Å². The average Bonchev–Trinajstić information content (AvgIpc) is 3.51. The average molecular weight is 583 g/mol. The minimum Gasteiger partial charge on any atom is -0.464 e. The number of pyridine rings is 1. The Morgan fingerprint density at radius 3 is 2.58 bits per heavy atom. The summed E-state index contributed by atoms with van der Waals surface area (Å²) < 4.78 is 20.5. The molecule has 0 bridgehead atoms. The van der Waals surface area contributed by atoms with Crippen LogP contribution in [0.25, 0.3) is 16.0 Å². The zero-order valence-corrected chi connectivity index (χ0v) is 25.5. The first-order chi connectivity index (χ1) is 19.2. The monoisotopic (exact) mass is 582 g/mol. The van der Waals surface area contributed by atoms with E-state index in [0.717, 1.165) is 46.2 Å². The lowest BCUT2D eigenvalue weighted by Gasteiger charge is -2.15. The first-order valence-corrected chi connectivity index (χ1v) is 18.2. The minimum absolute atomic E-state index is 0.0154. The van der Waals surface area contributed by atoms with Crippen LogP contribution in [0.5, 0.6) is 0 Å². The van der Waals surface area contributed by atoms with Gasteiger partial charge in [-0.25, -0.2) is 14.5 Å². The van der Waals surface area contributed by atoms with Crippen molar-refractivity contribution in [3.8, 4) is 5.82 Å². The molecule has 0 N–H and O–H groups in total. The number of ether oxygens (including phenoxy) is 3. The summed E-state index contributed by atoms with van der Waals surface area (Å²) in [7, 11) is -1.16. The van der Waals surface area contributed by atoms with Gasteiger partial charge >= 0.3 is 10.8 Å². The van der Waals surface area contributed by atoms with Crippen molar-refractivity contribution in [2.45, 2.75) is 58.6 Å². The molecule has 0 aliphatic heterocycles. The highest BCUT2D eigenvalue weighted by atomic mass is 32.1. The predicted molar refractivity (Wildman–Crippen MR) is 160 cm³/mol. The van der Waals surface area contributed by atoms with E-state index in [-0.39, 0.29) is 17.4 Å². The summed E-state index contributed by atoms with van der Waals surface area (Å²) in [4.78, 5) is 28.4. The van der Waals surface area contributed by atoms with Gasteiger partial charge in [0.1, 0.15) is 13.3 Å². The summed E-state index contributed by atoms with van der Waals surface area (Å²) in [6.07, 6.45) is 5.98. The second-order valence-corrected chi connectivity index (χ2v) is 17.4. The maximum atomic E-state index is 12.6. The van der Waals surface area contributed by atoms with Gasteiger partial charge in [0.15, 0.2) is 5.82 Å². The Balaban J connectivity index is 1.28. The van der Waals surface area contributed by atoms with Crippen LogP contribution < -0.4 is 4.87 Å². The summed E-state index contributed by atoms with van der Waals surface area (Å²) >= 11 is 1.27. The summed E-state index contributed by atoms with van der Waals surface area (Å²) in [5, 5.41) is 4.69. The topological polar surface area (TPSA) is 97.5 Å². The van der Waals surface area contributed by atoms with Crippen LogP contribution in [0, 0.1) is 0 Å². The number of hydrogen-bond donors (Lipinski definition) is 0. The standard InChI is InChI=1S/C29H38N4O5SSi/c1-5-38-28(34)20-36-15-13-23-8-11-27(30-19-23)33-14-12-24(31-33)9-6-22-7-10-25-26(18-22)39-29(35)32(25)21-37-16-17-40(2,3)4/h7-8,10-12,14,18-19H,5-6,9,13,15-17,20-21H2,1-4H3. The number of carbonyl (C=O) groups is 1. The molecule has 0 radical (unpaired) electrons. The zero-order valence-electron chi connectivity index (χ0n) is 23.7. The first-order valence-electron chi connectivity index (χ1n) is 13.6. The lowest BCUT2D eigenvalue weighted by molar-refractivity contribution is -0.148. The lowest BCUT2D eigenvalue weighted by Crippen LogP contribution is -2.23. The molecule has 3 heterocycles. The van der Waals surface area contributed by atoms with Crippen molar-refractivity contribution in [3.63, 3.8) is 0 Å². The number of aromatic nitrogens is 4. The molecule has 9 nitrogen and oxygen atoms in total. The summed E-state index contributed by atoms with van der Waals surface area (Å²) in [5.74, 6) is 0.387. The van der Waals surface area contributed by atoms with Crippen LogP contribution in [0.3, 0.4) is 0 Å². The Morgan fingerprint density at radius 1 is 1.00 bits per heavy atom. The van der Waals surface area contributed by atoms with Crippen molar-refractivity contribution in [2.75, 3.05) is 26.4 Å². The smallest absolute Gasteiger partial charge is 0.332 e. The van der Waals surface area contributed by atoms with E-state index in [1.165, 1.54) is 16.9 Å². The zero-order chi connectivity index (χ0) is 28.5. The first kappa shape index (κ1) is 29.8. The molecule has 0 amide bonds. The van der Waals surface area contributed by atoms with Gasteiger partial charge in [0.05, 0.1) is 29.1 Å². The summed E-state index contributed by atoms with van der Waals surface area (Å²) in [6, 6.07) is 13.2. The van der Waals surface area contributed by atoms with Gasteiger partial charge in [-0.15, -0.1) is 0 Å². The molecule has 214 valence electrons. The van der Waals surface area contributed by atoms with Crippen LogP contribution in [-0.2, 0) is 45.0 Å². The van der Waals surface area contributed by atoms with Gasteiger partial charge in [-0.2, -0.15) is 5.10 Å². The summed E-state index contributed by atoms with van der Waals surface area (Å²) in [5.41, 5.74) is 4.09. The number of carbonyl (C=O) groups excluding carboxylic acids is 1. The van der Waals surface area contributed by atoms with Crippen LogP contribution in [0.4, 0.5) is 0 Å². The van der Waals surface area contributed by atoms with E-state index >= 15 is 0 Å². The van der Waals surface area contributed by atoms with Gasteiger partial charge < -0.3 is 14.2 Å². The van der Waals surface area contributed by atoms with Gasteiger partial charge in [-0.05, 0) is 67.6 Å². The van der Waals surface area contributed by atoms with Gasteiger partial charge in [-0.1, -0.05) is 43.1 Å². The fourth-order valence-electron chi connectivity index (χ4n) is 4.07. The molecule has 0 fully saturated rings. The third-order valence-electron chi connectivity index (χ3n) is 6.37. The molecule has 0 unspecified atom stereocenters. The molecule has 1 aromatic carbocycles. The molecule has 0 saturated carbocycles. The van der Waals surface area contributed by atoms with Gasteiger partial charge in [0, 0.05) is 27.1 Å². The van der Waals surface area contributed by atoms with Crippen molar-refractivity contribution in [1.82, 2.24) is 19.3 Å². The minimum atomic E-state index is -1.16. The van der Waals surface area contributed by atoms with Crippen LogP contribution in [0.2, 0.25) is 25.7 Å². The Hall–Kier alpha value is -3.12. The molecule has 4 rings (SSSR count). The molecule has 4 aromatic rings. The second-order valence-electron chi connectivity index (χ2n) is 10.8. The van der Waals surface area contributed by atoms with E-state index in [4.69, 9.17) is 14.2 Å². The molecule has 11 heteroatoms. The van der Waals surface area contributed by atoms with E-state index in [0.29, 0.717) is 33.0 Å². The van der Waals surface area contributed by atoms with Crippen LogP contribution in [-0.4, -0.2) is 59.8 Å². The molecular formula is C29H38N4O5SSi. The maximum Gasteiger partial charge on any atom is 0.332 e. The fraction of sp³-hybridized carbons (Fsp3) is 0.448. The molecule has 0 atom stereocenters. The normalized spacial score (nSPS) is 11.8. The molecule has 3 aromatic heterocycles. The number of rotatable bonds is 15. The van der Waals surface area contributed by atoms with E-state index in [9.17, 15) is 9.59 Å². The van der Waals surface area contributed by atoms with E-state index in [2.05, 4.69) is 41.9 Å². The van der Waals surface area contributed by atoms with E-state index in [1.807, 2.05) is 30.5 Å². The van der Waals surface area contributed by atoms with E-state index in [1.54, 1.807) is 22.4 Å². The van der Waals surface area contributed by atoms with Crippen LogP contribution in [0.1, 0.15) is 23.7 Å². The maximum absolute atomic E-state index is 12.6. The highest BCUT2D eigenvalue weighted by Crippen LogP contribution is 2.21. The van der Waals surface area contributed by atoms with Gasteiger partial charge in [0.25, 0.3) is 0 Å². The molecular weight excluding hydrogens is 544 g/mol. The van der Waals surface area contributed by atoms with Crippen molar-refractivity contribution in [1.29, 1.82) is 0 Å². The molecule has 0 aliphatic rings. The third kappa shape index (κ3) is 8.69. The molecule has 0 saturated heterocycles. The Kier molecular flexibility index (Phi) is 10.4. The molecule has 0 spiro atoms. The number of esters is 1. The number of benzene rings is 1. The number of fused-ring (bicyclic) bond motifs is 1. The lowest BCUT2D eigenvalue weighted by atomic mass is 10.1. The SMILES string of the molecule is CCOC(=O)COCCc1ccc(-n2ccc(CCc3ccc4c(c3)sc(=O)n4COCC[Si](C)(C)C)n2)nc1. The number of aryl methyl sites for hydroxylation is 2. The fourth-order valence-corrected chi connectivity index (χ4v) is 5.77. The van der Waals surface area contributed by atoms with Crippen molar-refractivity contribution >= 4 is 35.6 Å². The second kappa shape index (κ2) is 14.0. The quantitative estimate of drug-likeness (QED) is 0.112. The Labute approximate surface area is 239 Å². The van der Waals surface area contributed by atoms with Gasteiger partial charge in [-0.3, -0.25) is 9.36 Å². The summed E-state index contributed by atoms with van der Waals surface area (Å²) in [6.45, 7) is 10.5. The van der Waals surface area contributed by atoms with Crippen LogP contribution >= 0.6 is 11.3 Å².